The van der Waals surface area contributed by atoms with E-state index in [9.17, 15) is 15.3 Å². The third kappa shape index (κ3) is 3.41. The van der Waals surface area contributed by atoms with E-state index in [4.69, 9.17) is 0 Å². The molecule has 0 aromatic carbocycles. The minimum atomic E-state index is -0.268. The fourth-order valence-electron chi connectivity index (χ4n) is 8.79. The molecule has 0 heterocycles. The highest BCUT2D eigenvalue weighted by Gasteiger charge is 2.65. The summed E-state index contributed by atoms with van der Waals surface area (Å²) in [4.78, 5) is 2.27. The van der Waals surface area contributed by atoms with Gasteiger partial charge in [-0.3, -0.25) is 0 Å². The molecule has 11 atom stereocenters. The molecule has 0 amide bonds. The zero-order chi connectivity index (χ0) is 21.1. The highest BCUT2D eigenvalue weighted by molar-refractivity contribution is 5.14. The van der Waals surface area contributed by atoms with Crippen molar-refractivity contribution in [1.29, 1.82) is 0 Å². The Morgan fingerprint density at radius 1 is 0.966 bits per heavy atom. The van der Waals surface area contributed by atoms with Crippen LogP contribution in [0.4, 0.5) is 0 Å². The van der Waals surface area contributed by atoms with Gasteiger partial charge in [0.15, 0.2) is 0 Å². The molecule has 0 unspecified atom stereocenters. The van der Waals surface area contributed by atoms with Crippen LogP contribution in [-0.4, -0.2) is 59.2 Å². The normalized spacial score (nSPS) is 53.3. The van der Waals surface area contributed by atoms with Gasteiger partial charge < -0.3 is 20.2 Å². The molecule has 4 rings (SSSR count). The summed E-state index contributed by atoms with van der Waals surface area (Å²) in [7, 11) is 4.28. The number of aliphatic hydroxyl groups is 3. The number of nitrogens with zero attached hydrogens (tertiary/aromatic N) is 1. The predicted molar refractivity (Wildman–Crippen MR) is 116 cm³/mol. The van der Waals surface area contributed by atoms with Crippen LogP contribution in [0.2, 0.25) is 0 Å². The van der Waals surface area contributed by atoms with Crippen LogP contribution in [0.15, 0.2) is 0 Å². The second-order valence-electron chi connectivity index (χ2n) is 12.1. The molecule has 4 aliphatic rings. The first kappa shape index (κ1) is 22.0. The van der Waals surface area contributed by atoms with Crippen LogP contribution >= 0.6 is 0 Å². The van der Waals surface area contributed by atoms with E-state index in [1.54, 1.807) is 0 Å². The second-order valence-corrected chi connectivity index (χ2v) is 12.1. The van der Waals surface area contributed by atoms with Gasteiger partial charge in [0.05, 0.1) is 18.3 Å². The smallest absolute Gasteiger partial charge is 0.0602 e. The van der Waals surface area contributed by atoms with Crippen molar-refractivity contribution in [1.82, 2.24) is 4.90 Å². The number of rotatable bonds is 4. The van der Waals surface area contributed by atoms with Crippen LogP contribution in [0.1, 0.15) is 72.1 Å². The Balaban J connectivity index is 1.60. The summed E-state index contributed by atoms with van der Waals surface area (Å²) in [6, 6.07) is 0. The van der Waals surface area contributed by atoms with Crippen LogP contribution in [0.3, 0.4) is 0 Å². The number of aliphatic hydroxyl groups excluding tert-OH is 3. The Hall–Kier alpha value is -0.160. The Morgan fingerprint density at radius 3 is 2.38 bits per heavy atom. The summed E-state index contributed by atoms with van der Waals surface area (Å²) >= 11 is 0. The largest absolute Gasteiger partial charge is 0.393 e. The SMILES string of the molecule is C[C@@H](CCN(C)C)[C@H]1CC[C@H]2[C@@H]3[C@H](O)C[C@H]4C[C@@H](O)CC[C@]4(C)[C@H]3C[C@H](O)[C@]12C. The molecule has 4 saturated carbocycles. The van der Waals surface area contributed by atoms with Crippen molar-refractivity contribution >= 4 is 0 Å². The van der Waals surface area contributed by atoms with Crippen molar-refractivity contribution in [3.8, 4) is 0 Å². The van der Waals surface area contributed by atoms with Crippen LogP contribution in [0.25, 0.3) is 0 Å². The summed E-state index contributed by atoms with van der Waals surface area (Å²) in [6.45, 7) is 8.26. The minimum absolute atomic E-state index is 0.0642. The summed E-state index contributed by atoms with van der Waals surface area (Å²) in [5.74, 6) is 2.71. The van der Waals surface area contributed by atoms with Crippen LogP contribution in [0.5, 0.6) is 0 Å². The molecule has 0 aromatic heterocycles. The Morgan fingerprint density at radius 2 is 1.69 bits per heavy atom. The molecule has 4 aliphatic carbocycles. The van der Waals surface area contributed by atoms with Crippen molar-refractivity contribution in [2.45, 2.75) is 90.4 Å². The van der Waals surface area contributed by atoms with Gasteiger partial charge in [-0.1, -0.05) is 20.8 Å². The molecule has 4 nitrogen and oxygen atoms in total. The van der Waals surface area contributed by atoms with Gasteiger partial charge in [-0.15, -0.1) is 0 Å². The number of hydrogen-bond acceptors (Lipinski definition) is 4. The van der Waals surface area contributed by atoms with Crippen molar-refractivity contribution in [3.05, 3.63) is 0 Å². The number of hydrogen-bond donors (Lipinski definition) is 3. The fourth-order valence-corrected chi connectivity index (χ4v) is 8.79. The fraction of sp³-hybridized carbons (Fsp3) is 1.00. The highest BCUT2D eigenvalue weighted by Crippen LogP contribution is 2.68. The maximum absolute atomic E-state index is 11.6. The van der Waals surface area contributed by atoms with Gasteiger partial charge >= 0.3 is 0 Å². The molecule has 0 aromatic rings. The van der Waals surface area contributed by atoms with Gasteiger partial charge in [0.1, 0.15) is 0 Å². The van der Waals surface area contributed by atoms with E-state index in [-0.39, 0.29) is 29.1 Å². The lowest BCUT2D eigenvalue weighted by Gasteiger charge is -2.63. The quantitative estimate of drug-likeness (QED) is 0.667. The molecule has 0 spiro atoms. The van der Waals surface area contributed by atoms with Crippen LogP contribution < -0.4 is 0 Å². The Labute approximate surface area is 178 Å². The summed E-state index contributed by atoms with van der Waals surface area (Å²) in [6.07, 6.45) is 7.25. The van der Waals surface area contributed by atoms with Gasteiger partial charge in [0.25, 0.3) is 0 Å². The minimum Gasteiger partial charge on any atom is -0.393 e. The molecular formula is C25H45NO3. The van der Waals surface area contributed by atoms with Crippen LogP contribution in [0, 0.1) is 46.3 Å². The first-order valence-corrected chi connectivity index (χ1v) is 12.3. The molecule has 0 saturated heterocycles. The molecular weight excluding hydrogens is 362 g/mol. The topological polar surface area (TPSA) is 63.9 Å². The first-order chi connectivity index (χ1) is 13.6. The maximum Gasteiger partial charge on any atom is 0.0602 e. The third-order valence-electron chi connectivity index (χ3n) is 10.6. The van der Waals surface area contributed by atoms with Gasteiger partial charge in [-0.25, -0.2) is 0 Å². The predicted octanol–water partition coefficient (Wildman–Crippen LogP) is 3.54. The van der Waals surface area contributed by atoms with Crippen LogP contribution in [-0.2, 0) is 0 Å². The van der Waals surface area contributed by atoms with Crippen molar-refractivity contribution in [2.24, 2.45) is 46.3 Å². The average molecular weight is 408 g/mol. The van der Waals surface area contributed by atoms with Gasteiger partial charge in [0, 0.05) is 0 Å². The van der Waals surface area contributed by atoms with E-state index in [2.05, 4.69) is 39.8 Å². The summed E-state index contributed by atoms with van der Waals surface area (Å²) in [5, 5.41) is 33.1. The Bertz CT molecular complexity index is 597. The lowest BCUT2D eigenvalue weighted by Crippen LogP contribution is -2.62. The standard InChI is InChI=1S/C25H45NO3/c1-15(9-11-26(4)5)18-6-7-19-23-20(14-22(29)25(18,19)3)24(2)10-8-17(27)12-16(24)13-21(23)28/h15-23,27-29H,6-14H2,1-5H3/t15-,16+,17-,18+,19-,20-,21+,22-,23-,24-,25+/m0/s1. The van der Waals surface area contributed by atoms with Crippen molar-refractivity contribution < 1.29 is 15.3 Å². The van der Waals surface area contributed by atoms with E-state index in [1.807, 2.05) is 0 Å². The second kappa shape index (κ2) is 7.76. The molecule has 0 bridgehead atoms. The Kier molecular flexibility index (Phi) is 5.90. The third-order valence-corrected chi connectivity index (χ3v) is 10.6. The molecule has 4 fully saturated rings. The lowest BCUT2D eigenvalue weighted by molar-refractivity contribution is -0.207. The molecule has 0 radical (unpaired) electrons. The lowest BCUT2D eigenvalue weighted by atomic mass is 9.43. The van der Waals surface area contributed by atoms with E-state index in [0.29, 0.717) is 35.5 Å². The van der Waals surface area contributed by atoms with E-state index < -0.39 is 0 Å². The van der Waals surface area contributed by atoms with Crippen molar-refractivity contribution in [3.63, 3.8) is 0 Å². The van der Waals surface area contributed by atoms with E-state index >= 15 is 0 Å². The average Bonchev–Trinajstić information content (AvgIpc) is 3.01. The first-order valence-electron chi connectivity index (χ1n) is 12.3. The van der Waals surface area contributed by atoms with Gasteiger partial charge in [-0.05, 0) is 118 Å². The van der Waals surface area contributed by atoms with Gasteiger partial charge in [0.2, 0.25) is 0 Å². The molecule has 29 heavy (non-hydrogen) atoms. The molecule has 4 heteroatoms. The molecule has 0 aliphatic heterocycles. The van der Waals surface area contributed by atoms with E-state index in [1.165, 1.54) is 12.8 Å². The van der Waals surface area contributed by atoms with E-state index in [0.717, 1.165) is 45.1 Å². The monoisotopic (exact) mass is 407 g/mol. The summed E-state index contributed by atoms with van der Waals surface area (Å²) < 4.78 is 0. The zero-order valence-electron chi connectivity index (χ0n) is 19.3. The zero-order valence-corrected chi connectivity index (χ0v) is 19.3. The molecule has 3 N–H and O–H groups in total. The van der Waals surface area contributed by atoms with Crippen molar-refractivity contribution in [2.75, 3.05) is 20.6 Å². The van der Waals surface area contributed by atoms with Gasteiger partial charge in [-0.2, -0.15) is 0 Å². The number of fused-ring (bicyclic) bond motifs is 5. The maximum atomic E-state index is 11.6. The molecule has 168 valence electrons. The highest BCUT2D eigenvalue weighted by atomic mass is 16.3. The summed E-state index contributed by atoms with van der Waals surface area (Å²) in [5.41, 5.74) is 0.102.